The number of nitrogens with zero attached hydrogens (tertiary/aromatic N) is 1. The molecule has 1 aliphatic carbocycles. The molecule has 0 saturated carbocycles. The Morgan fingerprint density at radius 1 is 0.955 bits per heavy atom. The number of rotatable bonds is 12. The molecule has 4 atom stereocenters. The number of imide groups is 1. The van der Waals surface area contributed by atoms with Crippen LogP contribution >= 0.6 is 0 Å². The lowest BCUT2D eigenvalue weighted by Gasteiger charge is -2.36. The largest absolute Gasteiger partial charge is 0.507 e. The van der Waals surface area contributed by atoms with Gasteiger partial charge in [0.05, 0.1) is 30.2 Å². The number of phenolic OH excluding ortho intramolecular Hbond substituents is 1. The van der Waals surface area contributed by atoms with Crippen LogP contribution in [0.2, 0.25) is 0 Å². The molecule has 0 spiro atoms. The SMILES string of the molecule is CCCC1=C([C@H](O)CC/C(=C/c2ccccc2O)CC)[C@H](CO)[C@@H]2C(=O)N(c3ccc(Nc4ccccc4)cc3)C(=O)[C@@H]2C1. The number of hydrogen-bond donors (Lipinski definition) is 4. The Hall–Kier alpha value is -4.20. The van der Waals surface area contributed by atoms with Gasteiger partial charge in [-0.1, -0.05) is 73.9 Å². The Kier molecular flexibility index (Phi) is 9.98. The number of nitrogens with one attached hydrogen (secondary N) is 1. The summed E-state index contributed by atoms with van der Waals surface area (Å²) in [4.78, 5) is 29.0. The lowest BCUT2D eigenvalue weighted by atomic mass is 9.67. The average molecular weight is 595 g/mol. The van der Waals surface area contributed by atoms with Crippen LogP contribution in [0.4, 0.5) is 17.1 Å². The quantitative estimate of drug-likeness (QED) is 0.133. The highest BCUT2D eigenvalue weighted by molar-refractivity contribution is 6.22. The molecule has 0 unspecified atom stereocenters. The molecule has 0 radical (unpaired) electrons. The molecule has 7 heteroatoms. The fourth-order valence-corrected chi connectivity index (χ4v) is 6.79. The van der Waals surface area contributed by atoms with Crippen molar-refractivity contribution >= 4 is 35.0 Å². The molecule has 1 heterocycles. The normalized spacial score (nSPS) is 21.0. The summed E-state index contributed by atoms with van der Waals surface area (Å²) in [6.07, 6.45) is 4.82. The third-order valence-electron chi connectivity index (χ3n) is 8.97. The first-order valence-corrected chi connectivity index (χ1v) is 15.6. The van der Waals surface area contributed by atoms with Gasteiger partial charge in [-0.3, -0.25) is 14.5 Å². The van der Waals surface area contributed by atoms with Crippen molar-refractivity contribution in [3.63, 3.8) is 0 Å². The number of benzene rings is 3. The molecular formula is C37H42N2O5. The molecule has 44 heavy (non-hydrogen) atoms. The highest BCUT2D eigenvalue weighted by Gasteiger charge is 2.55. The molecule has 1 saturated heterocycles. The first kappa shape index (κ1) is 31.2. The van der Waals surface area contributed by atoms with Gasteiger partial charge in [-0.2, -0.15) is 0 Å². The van der Waals surface area contributed by atoms with Crippen molar-refractivity contribution in [2.24, 2.45) is 17.8 Å². The molecule has 2 amide bonds. The van der Waals surface area contributed by atoms with Crippen molar-refractivity contribution in [2.75, 3.05) is 16.8 Å². The minimum Gasteiger partial charge on any atom is -0.507 e. The minimum absolute atomic E-state index is 0.210. The number of carbonyl (C=O) groups excluding carboxylic acids is 2. The average Bonchev–Trinajstić information content (AvgIpc) is 3.29. The molecule has 0 bridgehead atoms. The summed E-state index contributed by atoms with van der Waals surface area (Å²) in [5, 5.41) is 35.8. The third kappa shape index (κ3) is 6.49. The van der Waals surface area contributed by atoms with Crippen LogP contribution in [0, 0.1) is 17.8 Å². The van der Waals surface area contributed by atoms with Gasteiger partial charge in [0, 0.05) is 22.9 Å². The second-order valence-electron chi connectivity index (χ2n) is 11.8. The third-order valence-corrected chi connectivity index (χ3v) is 8.97. The molecule has 5 rings (SSSR count). The van der Waals surface area contributed by atoms with E-state index >= 15 is 0 Å². The minimum atomic E-state index is -0.853. The molecule has 0 aromatic heterocycles. The van der Waals surface area contributed by atoms with E-state index < -0.39 is 23.9 Å². The number of hydrogen-bond acceptors (Lipinski definition) is 6. The summed E-state index contributed by atoms with van der Waals surface area (Å²) >= 11 is 0. The monoisotopic (exact) mass is 594 g/mol. The number of allylic oxidation sites excluding steroid dienone is 2. The zero-order valence-electron chi connectivity index (χ0n) is 25.4. The zero-order chi connectivity index (χ0) is 31.2. The lowest BCUT2D eigenvalue weighted by molar-refractivity contribution is -0.123. The smallest absolute Gasteiger partial charge is 0.238 e. The van der Waals surface area contributed by atoms with E-state index in [9.17, 15) is 24.9 Å². The van der Waals surface area contributed by atoms with E-state index in [2.05, 4.69) is 12.2 Å². The van der Waals surface area contributed by atoms with Gasteiger partial charge in [0.25, 0.3) is 0 Å². The van der Waals surface area contributed by atoms with Crippen molar-refractivity contribution in [3.8, 4) is 5.75 Å². The summed E-state index contributed by atoms with van der Waals surface area (Å²) in [5.41, 5.74) is 5.80. The molecule has 7 nitrogen and oxygen atoms in total. The first-order valence-electron chi connectivity index (χ1n) is 15.6. The summed E-state index contributed by atoms with van der Waals surface area (Å²) in [6, 6.07) is 24.1. The maximum absolute atomic E-state index is 13.9. The van der Waals surface area contributed by atoms with Gasteiger partial charge in [0.15, 0.2) is 0 Å². The standard InChI is InChI=1S/C37H42N2O5/c1-3-10-26-22-30-35(31(23-40)34(26)33(42)20-15-24(4-2)21-25-11-8-9-14-32(25)41)37(44)39(36(30)43)29-18-16-28(17-19-29)38-27-12-6-5-7-13-27/h5-9,11-14,16-19,21,30-31,33,35,38,40-42H,3-4,10,15,20,22-23H2,1-2H3/b24-21+/t30-,31+,33-,35-/m1/s1. The van der Waals surface area contributed by atoms with Crippen LogP contribution in [0.3, 0.4) is 0 Å². The fraction of sp³-hybridized carbons (Fsp3) is 0.351. The van der Waals surface area contributed by atoms with Crippen molar-refractivity contribution in [1.29, 1.82) is 0 Å². The van der Waals surface area contributed by atoms with Crippen molar-refractivity contribution in [1.82, 2.24) is 0 Å². The Morgan fingerprint density at radius 3 is 2.30 bits per heavy atom. The van der Waals surface area contributed by atoms with Crippen LogP contribution in [0.25, 0.3) is 6.08 Å². The van der Waals surface area contributed by atoms with E-state index in [0.717, 1.165) is 46.5 Å². The van der Waals surface area contributed by atoms with Crippen molar-refractivity contribution in [3.05, 3.63) is 101 Å². The maximum atomic E-state index is 13.9. The van der Waals surface area contributed by atoms with Gasteiger partial charge < -0.3 is 20.6 Å². The molecule has 1 fully saturated rings. The number of phenols is 1. The van der Waals surface area contributed by atoms with E-state index in [4.69, 9.17) is 0 Å². The summed E-state index contributed by atoms with van der Waals surface area (Å²) in [7, 11) is 0. The topological polar surface area (TPSA) is 110 Å². The number of aromatic hydroxyl groups is 1. The van der Waals surface area contributed by atoms with E-state index in [1.165, 1.54) is 4.90 Å². The van der Waals surface area contributed by atoms with Gasteiger partial charge in [-0.25, -0.2) is 0 Å². The number of fused-ring (bicyclic) bond motifs is 1. The number of para-hydroxylation sites is 2. The molecule has 230 valence electrons. The Balaban J connectivity index is 1.36. The summed E-state index contributed by atoms with van der Waals surface area (Å²) in [6.45, 7) is 3.78. The number of anilines is 3. The first-order chi connectivity index (χ1) is 21.4. The van der Waals surface area contributed by atoms with Gasteiger partial charge in [-0.05, 0) is 80.1 Å². The van der Waals surface area contributed by atoms with E-state index in [0.29, 0.717) is 31.4 Å². The van der Waals surface area contributed by atoms with Crippen molar-refractivity contribution < 1.29 is 24.9 Å². The summed E-state index contributed by atoms with van der Waals surface area (Å²) < 4.78 is 0. The number of amides is 2. The molecule has 4 N–H and O–H groups in total. The molecule has 3 aromatic rings. The van der Waals surface area contributed by atoms with Gasteiger partial charge in [-0.15, -0.1) is 0 Å². The predicted octanol–water partition coefficient (Wildman–Crippen LogP) is 6.99. The van der Waals surface area contributed by atoms with Crippen molar-refractivity contribution in [2.45, 2.75) is 58.5 Å². The Labute approximate surface area is 259 Å². The Bertz CT molecular complexity index is 1530. The van der Waals surface area contributed by atoms with E-state index in [1.807, 2.05) is 67.6 Å². The summed E-state index contributed by atoms with van der Waals surface area (Å²) in [5.74, 6) is -2.27. The van der Waals surface area contributed by atoms with Crippen LogP contribution < -0.4 is 10.2 Å². The highest BCUT2D eigenvalue weighted by atomic mass is 16.3. The molecule has 1 aliphatic heterocycles. The predicted molar refractivity (Wildman–Crippen MR) is 174 cm³/mol. The highest BCUT2D eigenvalue weighted by Crippen LogP contribution is 2.48. The van der Waals surface area contributed by atoms with Crippen LogP contribution in [-0.2, 0) is 9.59 Å². The van der Waals surface area contributed by atoms with Crippen LogP contribution in [0.1, 0.15) is 57.9 Å². The second kappa shape index (κ2) is 14.1. The number of carbonyl (C=O) groups is 2. The lowest BCUT2D eigenvalue weighted by Crippen LogP contribution is -2.39. The molecule has 2 aliphatic rings. The Morgan fingerprint density at radius 2 is 1.64 bits per heavy atom. The second-order valence-corrected chi connectivity index (χ2v) is 11.8. The zero-order valence-corrected chi connectivity index (χ0v) is 25.4. The van der Waals surface area contributed by atoms with E-state index in [-0.39, 0.29) is 24.2 Å². The maximum Gasteiger partial charge on any atom is 0.238 e. The van der Waals surface area contributed by atoms with Crippen LogP contribution in [-0.4, -0.2) is 39.8 Å². The van der Waals surface area contributed by atoms with Gasteiger partial charge >= 0.3 is 0 Å². The van der Waals surface area contributed by atoms with Crippen LogP contribution in [0.5, 0.6) is 5.75 Å². The van der Waals surface area contributed by atoms with Gasteiger partial charge in [0.1, 0.15) is 5.75 Å². The number of aliphatic hydroxyl groups is 2. The van der Waals surface area contributed by atoms with Crippen LogP contribution in [0.15, 0.2) is 95.6 Å². The molecular weight excluding hydrogens is 552 g/mol. The van der Waals surface area contributed by atoms with E-state index in [1.54, 1.807) is 24.3 Å². The fourth-order valence-electron chi connectivity index (χ4n) is 6.79. The molecule has 3 aromatic carbocycles. The van der Waals surface area contributed by atoms with Gasteiger partial charge in [0.2, 0.25) is 11.8 Å². The number of aliphatic hydroxyl groups excluding tert-OH is 2.